The van der Waals surface area contributed by atoms with Gasteiger partial charge in [0.15, 0.2) is 0 Å². The van der Waals surface area contributed by atoms with E-state index in [0.29, 0.717) is 5.92 Å². The van der Waals surface area contributed by atoms with Crippen LogP contribution in [-0.4, -0.2) is 8.80 Å². The Hall–Kier alpha value is -1.86. The molecular weight excluding hydrogens is 364 g/mol. The number of allylic oxidation sites excluding steroid dienone is 9. The van der Waals surface area contributed by atoms with Gasteiger partial charge in [-0.2, -0.15) is 0 Å². The van der Waals surface area contributed by atoms with Crippen LogP contribution in [0.1, 0.15) is 63.0 Å². The Morgan fingerprint density at radius 2 is 1.72 bits per heavy atom. The van der Waals surface area contributed by atoms with Gasteiger partial charge in [-0.1, -0.05) is 103 Å². The van der Waals surface area contributed by atoms with Crippen LogP contribution >= 0.6 is 0 Å². The van der Waals surface area contributed by atoms with Crippen molar-refractivity contribution in [3.63, 3.8) is 0 Å². The van der Waals surface area contributed by atoms with E-state index in [1.54, 1.807) is 33.1 Å². The lowest BCUT2D eigenvalue weighted by atomic mass is 9.54. The topological polar surface area (TPSA) is 0 Å². The molecule has 0 saturated heterocycles. The zero-order valence-corrected chi connectivity index (χ0v) is 19.6. The maximum Gasteiger partial charge on any atom is 0.0658 e. The molecule has 29 heavy (non-hydrogen) atoms. The summed E-state index contributed by atoms with van der Waals surface area (Å²) in [5.41, 5.74) is 9.45. The minimum absolute atomic E-state index is 0.115. The van der Waals surface area contributed by atoms with E-state index in [-0.39, 0.29) is 5.41 Å². The van der Waals surface area contributed by atoms with Crippen LogP contribution in [-0.2, 0) is 0 Å². The minimum atomic E-state index is -0.881. The van der Waals surface area contributed by atoms with Crippen molar-refractivity contribution in [2.75, 3.05) is 0 Å². The summed E-state index contributed by atoms with van der Waals surface area (Å²) in [7, 11) is -0.881. The predicted molar refractivity (Wildman–Crippen MR) is 129 cm³/mol. The molecule has 0 aromatic heterocycles. The van der Waals surface area contributed by atoms with E-state index < -0.39 is 8.80 Å². The third kappa shape index (κ3) is 2.77. The second-order valence-electron chi connectivity index (χ2n) is 9.97. The Bertz CT molecular complexity index is 991. The number of hydrogen-bond acceptors (Lipinski definition) is 0. The van der Waals surface area contributed by atoms with E-state index in [9.17, 15) is 0 Å². The van der Waals surface area contributed by atoms with Crippen LogP contribution in [0.4, 0.5) is 0 Å². The van der Waals surface area contributed by atoms with Crippen LogP contribution < -0.4 is 0 Å². The first-order chi connectivity index (χ1) is 14.0. The maximum atomic E-state index is 2.63. The quantitative estimate of drug-likeness (QED) is 0.461. The van der Waals surface area contributed by atoms with E-state index in [1.807, 2.05) is 0 Å². The highest BCUT2D eigenvalue weighted by Crippen LogP contribution is 2.63. The van der Waals surface area contributed by atoms with E-state index in [0.717, 1.165) is 5.92 Å². The molecule has 0 nitrogen and oxygen atoms in total. The first-order valence-electron chi connectivity index (χ1n) is 11.6. The maximum absolute atomic E-state index is 2.63. The Morgan fingerprint density at radius 1 is 0.966 bits per heavy atom. The molecule has 0 amide bonds. The van der Waals surface area contributed by atoms with Crippen molar-refractivity contribution in [2.24, 2.45) is 11.3 Å². The highest BCUT2D eigenvalue weighted by atomic mass is 28.3. The number of fused-ring (bicyclic) bond motifs is 2. The van der Waals surface area contributed by atoms with Crippen molar-refractivity contribution >= 4 is 14.9 Å². The summed E-state index contributed by atoms with van der Waals surface area (Å²) in [5, 5.41) is 1.71. The molecule has 0 radical (unpaired) electrons. The molecule has 1 unspecified atom stereocenters. The van der Waals surface area contributed by atoms with Crippen molar-refractivity contribution in [1.29, 1.82) is 0 Å². The fraction of sp³-hybridized carbons (Fsp3) is 0.429. The van der Waals surface area contributed by atoms with Crippen LogP contribution in [0, 0.1) is 11.3 Å². The lowest BCUT2D eigenvalue weighted by Gasteiger charge is -2.49. The van der Waals surface area contributed by atoms with Crippen LogP contribution in [0.3, 0.4) is 0 Å². The highest BCUT2D eigenvalue weighted by Gasteiger charge is 2.52. The van der Waals surface area contributed by atoms with Crippen molar-refractivity contribution in [1.82, 2.24) is 0 Å². The van der Waals surface area contributed by atoms with Gasteiger partial charge in [0.1, 0.15) is 0 Å². The summed E-state index contributed by atoms with van der Waals surface area (Å²) in [6.45, 7) is 9.74. The lowest BCUT2D eigenvalue weighted by molar-refractivity contribution is 0.188. The van der Waals surface area contributed by atoms with Gasteiger partial charge in [-0.3, -0.25) is 0 Å². The van der Waals surface area contributed by atoms with Crippen LogP contribution in [0.5, 0.6) is 0 Å². The Kier molecular flexibility index (Phi) is 4.70. The molecule has 1 saturated carbocycles. The first kappa shape index (κ1) is 19.1. The zero-order chi connectivity index (χ0) is 20.2. The molecule has 1 aromatic rings. The average Bonchev–Trinajstić information content (AvgIpc) is 3.24. The molecule has 1 aromatic carbocycles. The van der Waals surface area contributed by atoms with Gasteiger partial charge in [-0.05, 0) is 54.9 Å². The summed E-state index contributed by atoms with van der Waals surface area (Å²) in [6.07, 6.45) is 19.5. The fourth-order valence-electron chi connectivity index (χ4n) is 6.96. The summed E-state index contributed by atoms with van der Waals surface area (Å²) >= 11 is 0. The van der Waals surface area contributed by atoms with E-state index in [2.05, 4.69) is 81.6 Å². The monoisotopic (exact) mass is 398 g/mol. The third-order valence-corrected chi connectivity index (χ3v) is 9.87. The molecule has 1 fully saturated rings. The first-order valence-corrected chi connectivity index (χ1v) is 14.5. The molecule has 0 N–H and O–H groups in total. The normalized spacial score (nSPS) is 29.0. The fourth-order valence-corrected chi connectivity index (χ4v) is 8.83. The van der Waals surface area contributed by atoms with Gasteiger partial charge in [0.25, 0.3) is 0 Å². The molecule has 2 atom stereocenters. The Morgan fingerprint density at radius 3 is 2.48 bits per heavy atom. The molecule has 0 heterocycles. The highest BCUT2D eigenvalue weighted by molar-refractivity contribution is 6.65. The van der Waals surface area contributed by atoms with Crippen molar-refractivity contribution < 1.29 is 0 Å². The van der Waals surface area contributed by atoms with Crippen molar-refractivity contribution in [2.45, 2.75) is 65.0 Å². The summed E-state index contributed by atoms with van der Waals surface area (Å²) < 4.78 is 0. The molecular formula is C28H34Si. The van der Waals surface area contributed by atoms with Gasteiger partial charge < -0.3 is 0 Å². The standard InChI is InChI=1S/C28H34Si/c1-19-17-21-11-8-9-14-23(21)26(19)28(22-12-6-5-7-13-22)16-10-15-24-25(28)18-20(2)27(24)29(3)4/h8-11,14-18,22,26,29H,5-7,12-13H2,1-4H3/t26-,28?/m1/s1. The number of rotatable bonds is 3. The average molecular weight is 399 g/mol. The zero-order valence-electron chi connectivity index (χ0n) is 18.5. The van der Waals surface area contributed by atoms with Gasteiger partial charge in [0.05, 0.1) is 8.80 Å². The van der Waals surface area contributed by atoms with Crippen molar-refractivity contribution in [3.05, 3.63) is 87.2 Å². The Labute approximate surface area is 178 Å². The molecule has 4 aliphatic carbocycles. The van der Waals surface area contributed by atoms with Crippen LogP contribution in [0.15, 0.2) is 76.1 Å². The number of benzene rings is 1. The predicted octanol–water partition coefficient (Wildman–Crippen LogP) is 7.53. The SMILES string of the molecule is CC1=Cc2ccccc2[C@@H]1C1(C2CCCCC2)C=CC=C2C1=CC(C)=C2[SiH](C)C. The second-order valence-corrected chi connectivity index (χ2v) is 12.9. The van der Waals surface area contributed by atoms with E-state index in [4.69, 9.17) is 0 Å². The number of hydrogen-bond donors (Lipinski definition) is 0. The van der Waals surface area contributed by atoms with Crippen LogP contribution in [0.2, 0.25) is 13.1 Å². The minimum Gasteiger partial charge on any atom is -0.0727 e. The smallest absolute Gasteiger partial charge is 0.0658 e. The van der Waals surface area contributed by atoms with Gasteiger partial charge in [0.2, 0.25) is 0 Å². The summed E-state index contributed by atoms with van der Waals surface area (Å²) in [6, 6.07) is 9.16. The van der Waals surface area contributed by atoms with Gasteiger partial charge in [-0.15, -0.1) is 0 Å². The summed E-state index contributed by atoms with van der Waals surface area (Å²) in [5.74, 6) is 1.22. The van der Waals surface area contributed by atoms with Gasteiger partial charge in [0, 0.05) is 11.3 Å². The molecule has 0 aliphatic heterocycles. The van der Waals surface area contributed by atoms with E-state index >= 15 is 0 Å². The van der Waals surface area contributed by atoms with Gasteiger partial charge >= 0.3 is 0 Å². The molecule has 150 valence electrons. The molecule has 4 aliphatic rings. The lowest BCUT2D eigenvalue weighted by Crippen LogP contribution is -2.40. The largest absolute Gasteiger partial charge is 0.0727 e. The molecule has 0 bridgehead atoms. The van der Waals surface area contributed by atoms with Gasteiger partial charge in [-0.25, -0.2) is 0 Å². The van der Waals surface area contributed by atoms with E-state index in [1.165, 1.54) is 37.7 Å². The molecule has 1 heteroatoms. The molecule has 0 spiro atoms. The van der Waals surface area contributed by atoms with Crippen LogP contribution in [0.25, 0.3) is 6.08 Å². The summed E-state index contributed by atoms with van der Waals surface area (Å²) in [4.78, 5) is 0. The Balaban J connectivity index is 1.71. The van der Waals surface area contributed by atoms with Crippen molar-refractivity contribution in [3.8, 4) is 0 Å². The second kappa shape index (κ2) is 7.13. The molecule has 5 rings (SSSR count). The third-order valence-electron chi connectivity index (χ3n) is 7.95.